The van der Waals surface area contributed by atoms with Crippen LogP contribution in [0.5, 0.6) is 0 Å². The first-order chi connectivity index (χ1) is 8.95. The zero-order valence-electron chi connectivity index (χ0n) is 12.3. The maximum atomic E-state index is 6.30. The van der Waals surface area contributed by atoms with Crippen molar-refractivity contribution in [3.8, 4) is 0 Å². The maximum absolute atomic E-state index is 6.30. The van der Waals surface area contributed by atoms with Crippen LogP contribution in [-0.4, -0.2) is 14.5 Å². The summed E-state index contributed by atoms with van der Waals surface area (Å²) < 4.78 is 2.21. The highest BCUT2D eigenvalue weighted by Gasteiger charge is 2.22. The summed E-state index contributed by atoms with van der Waals surface area (Å²) in [4.78, 5) is 9.24. The quantitative estimate of drug-likeness (QED) is 0.763. The van der Waals surface area contributed by atoms with Gasteiger partial charge in [0.05, 0.1) is 5.38 Å². The lowest BCUT2D eigenvalue weighted by molar-refractivity contribution is 0.367. The minimum atomic E-state index is -0.110. The summed E-state index contributed by atoms with van der Waals surface area (Å²) in [6.07, 6.45) is 3.02. The van der Waals surface area contributed by atoms with E-state index in [-0.39, 0.29) is 5.38 Å². The number of nitrogens with zero attached hydrogens (tertiary/aromatic N) is 3. The van der Waals surface area contributed by atoms with Gasteiger partial charge >= 0.3 is 0 Å². The van der Waals surface area contributed by atoms with Crippen LogP contribution >= 0.6 is 11.6 Å². The van der Waals surface area contributed by atoms with Crippen molar-refractivity contribution in [2.45, 2.75) is 52.5 Å². The molecule has 104 valence electrons. The van der Waals surface area contributed by atoms with Gasteiger partial charge in [0.1, 0.15) is 11.3 Å². The molecular formula is C15H22ClN3. The Balaban J connectivity index is 2.65. The first-order valence-electron chi connectivity index (χ1n) is 6.94. The lowest BCUT2D eigenvalue weighted by atomic mass is 10.0. The normalized spacial score (nSPS) is 16.5. The van der Waals surface area contributed by atoms with Crippen LogP contribution in [0, 0.1) is 12.8 Å². The molecule has 0 bridgehead atoms. The smallest absolute Gasteiger partial charge is 0.160 e. The largest absolute Gasteiger partial charge is 0.308 e. The second kappa shape index (κ2) is 5.49. The molecule has 2 rings (SSSR count). The maximum Gasteiger partial charge on any atom is 0.160 e. The predicted octanol–water partition coefficient (Wildman–Crippen LogP) is 4.65. The first kappa shape index (κ1) is 14.3. The van der Waals surface area contributed by atoms with Crippen LogP contribution in [0.4, 0.5) is 0 Å². The van der Waals surface area contributed by atoms with E-state index in [1.54, 1.807) is 0 Å². The van der Waals surface area contributed by atoms with Gasteiger partial charge in [-0.25, -0.2) is 9.97 Å². The Morgan fingerprint density at radius 1 is 1.32 bits per heavy atom. The molecule has 4 heteroatoms. The number of aryl methyl sites for hydroxylation is 1. The zero-order valence-corrected chi connectivity index (χ0v) is 13.1. The van der Waals surface area contributed by atoms with Gasteiger partial charge < -0.3 is 4.57 Å². The van der Waals surface area contributed by atoms with Crippen LogP contribution in [0.25, 0.3) is 11.2 Å². The van der Waals surface area contributed by atoms with E-state index >= 15 is 0 Å². The molecule has 2 heterocycles. The standard InChI is InChI=1S/C15H22ClN3/c1-6-10(3)12(5)19-14(11(4)16)18-13-7-9(2)8-17-15(13)19/h7-8,10-12H,6H2,1-5H3. The summed E-state index contributed by atoms with van der Waals surface area (Å²) in [5.74, 6) is 1.48. The molecule has 0 saturated heterocycles. The topological polar surface area (TPSA) is 30.7 Å². The van der Waals surface area contributed by atoms with Gasteiger partial charge in [0.25, 0.3) is 0 Å². The first-order valence-corrected chi connectivity index (χ1v) is 7.37. The number of imidazole rings is 1. The predicted molar refractivity (Wildman–Crippen MR) is 80.7 cm³/mol. The lowest BCUT2D eigenvalue weighted by Gasteiger charge is -2.23. The molecule has 3 nitrogen and oxygen atoms in total. The van der Waals surface area contributed by atoms with Crippen molar-refractivity contribution in [2.75, 3.05) is 0 Å². The van der Waals surface area contributed by atoms with Crippen LogP contribution in [0.3, 0.4) is 0 Å². The molecule has 3 atom stereocenters. The Morgan fingerprint density at radius 2 is 2.00 bits per heavy atom. The number of aromatic nitrogens is 3. The third-order valence-corrected chi connectivity index (χ3v) is 4.12. The molecule has 0 saturated carbocycles. The van der Waals surface area contributed by atoms with E-state index in [0.29, 0.717) is 12.0 Å². The number of rotatable bonds is 4. The molecule has 0 radical (unpaired) electrons. The van der Waals surface area contributed by atoms with Gasteiger partial charge in [-0.15, -0.1) is 11.6 Å². The molecule has 19 heavy (non-hydrogen) atoms. The van der Waals surface area contributed by atoms with E-state index in [2.05, 4.69) is 41.4 Å². The summed E-state index contributed by atoms with van der Waals surface area (Å²) in [6.45, 7) is 10.7. The third-order valence-electron chi connectivity index (χ3n) is 3.92. The minimum Gasteiger partial charge on any atom is -0.308 e. The molecule has 0 aliphatic heterocycles. The Kier molecular flexibility index (Phi) is 4.14. The highest BCUT2D eigenvalue weighted by Crippen LogP contribution is 2.31. The van der Waals surface area contributed by atoms with Crippen molar-refractivity contribution >= 4 is 22.8 Å². The van der Waals surface area contributed by atoms with E-state index in [9.17, 15) is 0 Å². The van der Waals surface area contributed by atoms with Crippen molar-refractivity contribution in [3.05, 3.63) is 23.7 Å². The SMILES string of the molecule is CCC(C)C(C)n1c(C(C)Cl)nc2cc(C)cnc21. The molecule has 0 fully saturated rings. The third kappa shape index (κ3) is 2.62. The molecule has 0 N–H and O–H groups in total. The fourth-order valence-corrected chi connectivity index (χ4v) is 2.53. The summed E-state index contributed by atoms with van der Waals surface area (Å²) in [5, 5.41) is -0.110. The van der Waals surface area contributed by atoms with Crippen LogP contribution in [-0.2, 0) is 0 Å². The number of alkyl halides is 1. The summed E-state index contributed by atoms with van der Waals surface area (Å²) in [5.41, 5.74) is 3.01. The van der Waals surface area contributed by atoms with Crippen LogP contribution in [0.15, 0.2) is 12.3 Å². The molecular weight excluding hydrogens is 258 g/mol. The van der Waals surface area contributed by atoms with Crippen molar-refractivity contribution in [3.63, 3.8) is 0 Å². The zero-order chi connectivity index (χ0) is 14.2. The highest BCUT2D eigenvalue weighted by molar-refractivity contribution is 6.20. The van der Waals surface area contributed by atoms with Crippen LogP contribution in [0.1, 0.15) is 56.9 Å². The molecule has 0 aliphatic carbocycles. The van der Waals surface area contributed by atoms with Crippen molar-refractivity contribution in [1.82, 2.24) is 14.5 Å². The second-order valence-corrected chi connectivity index (χ2v) is 6.09. The lowest BCUT2D eigenvalue weighted by Crippen LogP contribution is -2.17. The van der Waals surface area contributed by atoms with Gasteiger partial charge in [0, 0.05) is 12.2 Å². The Bertz CT molecular complexity index is 574. The van der Waals surface area contributed by atoms with Gasteiger partial charge in [-0.1, -0.05) is 20.3 Å². The number of hydrogen-bond donors (Lipinski definition) is 0. The molecule has 3 unspecified atom stereocenters. The molecule has 0 aromatic carbocycles. The van der Waals surface area contributed by atoms with Gasteiger partial charge in [-0.05, 0) is 38.3 Å². The second-order valence-electron chi connectivity index (χ2n) is 5.44. The molecule has 2 aromatic rings. The molecule has 0 amide bonds. The number of pyridine rings is 1. The van der Waals surface area contributed by atoms with Crippen molar-refractivity contribution in [2.24, 2.45) is 5.92 Å². The summed E-state index contributed by atoms with van der Waals surface area (Å²) in [7, 11) is 0. The summed E-state index contributed by atoms with van der Waals surface area (Å²) >= 11 is 6.30. The highest BCUT2D eigenvalue weighted by atomic mass is 35.5. The number of halogens is 1. The summed E-state index contributed by atoms with van der Waals surface area (Å²) in [6, 6.07) is 2.42. The molecule has 2 aromatic heterocycles. The van der Waals surface area contributed by atoms with E-state index in [4.69, 9.17) is 11.6 Å². The van der Waals surface area contributed by atoms with Gasteiger partial charge in [-0.2, -0.15) is 0 Å². The minimum absolute atomic E-state index is 0.110. The average molecular weight is 280 g/mol. The van der Waals surface area contributed by atoms with Gasteiger partial charge in [0.2, 0.25) is 0 Å². The molecule has 0 aliphatic rings. The Labute approximate surface area is 120 Å². The van der Waals surface area contributed by atoms with E-state index in [1.165, 1.54) is 0 Å². The van der Waals surface area contributed by atoms with Crippen molar-refractivity contribution in [1.29, 1.82) is 0 Å². The van der Waals surface area contributed by atoms with Gasteiger partial charge in [0.15, 0.2) is 5.65 Å². The van der Waals surface area contributed by atoms with E-state index in [1.807, 2.05) is 20.0 Å². The Hall–Kier alpha value is -1.09. The number of fused-ring (bicyclic) bond motifs is 1. The fourth-order valence-electron chi connectivity index (χ4n) is 2.38. The van der Waals surface area contributed by atoms with Crippen LogP contribution < -0.4 is 0 Å². The van der Waals surface area contributed by atoms with E-state index < -0.39 is 0 Å². The molecule has 0 spiro atoms. The fraction of sp³-hybridized carbons (Fsp3) is 0.600. The Morgan fingerprint density at radius 3 is 2.58 bits per heavy atom. The number of hydrogen-bond acceptors (Lipinski definition) is 2. The average Bonchev–Trinajstić information content (AvgIpc) is 2.75. The van der Waals surface area contributed by atoms with Gasteiger partial charge in [-0.3, -0.25) is 0 Å². The van der Waals surface area contributed by atoms with E-state index in [0.717, 1.165) is 29.0 Å². The van der Waals surface area contributed by atoms with Crippen LogP contribution in [0.2, 0.25) is 0 Å². The van der Waals surface area contributed by atoms with Crippen molar-refractivity contribution < 1.29 is 0 Å². The monoisotopic (exact) mass is 279 g/mol.